The number of hydrogen-bond acceptors (Lipinski definition) is 3. The Balaban J connectivity index is 1.85. The molecule has 0 saturated carbocycles. The smallest absolute Gasteiger partial charge is 0.323 e. The predicted octanol–water partition coefficient (Wildman–Crippen LogP) is 5.70. The maximum atomic E-state index is 12.3. The van der Waals surface area contributed by atoms with E-state index in [-0.39, 0.29) is 0 Å². The Kier molecular flexibility index (Phi) is 5.79. The van der Waals surface area contributed by atoms with Gasteiger partial charge in [0.25, 0.3) is 0 Å². The zero-order chi connectivity index (χ0) is 19.6. The topological polar surface area (TPSA) is 68.2 Å². The van der Waals surface area contributed by atoms with Crippen LogP contribution in [0.4, 0.5) is 16.2 Å². The number of benzene rings is 2. The Morgan fingerprint density at radius 3 is 2.48 bits per heavy atom. The Morgan fingerprint density at radius 2 is 1.85 bits per heavy atom. The van der Waals surface area contributed by atoms with Crippen LogP contribution in [0.2, 0.25) is 15.1 Å². The quantitative estimate of drug-likeness (QED) is 0.563. The molecule has 0 saturated heterocycles. The molecule has 6 nitrogen and oxygen atoms in total. The number of aryl methyl sites for hydroxylation is 1. The van der Waals surface area contributed by atoms with Crippen molar-refractivity contribution in [1.82, 2.24) is 9.78 Å². The minimum atomic E-state index is -0.452. The summed E-state index contributed by atoms with van der Waals surface area (Å²) in [5.41, 5.74) is 2.37. The minimum Gasteiger partial charge on any atom is -0.496 e. The van der Waals surface area contributed by atoms with E-state index in [0.717, 1.165) is 0 Å². The van der Waals surface area contributed by atoms with Crippen molar-refractivity contribution in [2.45, 2.75) is 0 Å². The van der Waals surface area contributed by atoms with Crippen LogP contribution in [0.25, 0.3) is 11.3 Å². The molecule has 140 valence electrons. The van der Waals surface area contributed by atoms with Crippen molar-refractivity contribution in [3.05, 3.63) is 57.7 Å². The number of hydrogen-bond donors (Lipinski definition) is 2. The summed E-state index contributed by atoms with van der Waals surface area (Å²) in [7, 11) is 3.33. The Morgan fingerprint density at radius 1 is 1.07 bits per heavy atom. The highest BCUT2D eigenvalue weighted by Gasteiger charge is 2.16. The second kappa shape index (κ2) is 8.08. The van der Waals surface area contributed by atoms with Crippen LogP contribution < -0.4 is 15.4 Å². The Labute approximate surface area is 171 Å². The number of amides is 2. The zero-order valence-corrected chi connectivity index (χ0v) is 16.7. The lowest BCUT2D eigenvalue weighted by molar-refractivity contribution is 0.262. The molecular weight excluding hydrogens is 411 g/mol. The van der Waals surface area contributed by atoms with E-state index in [9.17, 15) is 4.79 Å². The molecular formula is C18H15Cl3N4O2. The van der Waals surface area contributed by atoms with Gasteiger partial charge in [0.05, 0.1) is 34.7 Å². The number of aromatic nitrogens is 2. The van der Waals surface area contributed by atoms with Gasteiger partial charge in [0.2, 0.25) is 0 Å². The molecule has 0 radical (unpaired) electrons. The van der Waals surface area contributed by atoms with Gasteiger partial charge in [0.1, 0.15) is 5.75 Å². The van der Waals surface area contributed by atoms with Crippen LogP contribution in [0.1, 0.15) is 0 Å². The third kappa shape index (κ3) is 4.30. The maximum Gasteiger partial charge on any atom is 0.323 e. The predicted molar refractivity (Wildman–Crippen MR) is 109 cm³/mol. The first-order valence-corrected chi connectivity index (χ1v) is 8.91. The number of carbonyl (C=O) groups excluding carboxylic acids is 1. The number of nitrogens with zero attached hydrogens (tertiary/aromatic N) is 2. The summed E-state index contributed by atoms with van der Waals surface area (Å²) in [6, 6.07) is 9.57. The highest BCUT2D eigenvalue weighted by molar-refractivity contribution is 6.36. The van der Waals surface area contributed by atoms with E-state index >= 15 is 0 Å². The van der Waals surface area contributed by atoms with Crippen LogP contribution in [0.15, 0.2) is 42.6 Å². The van der Waals surface area contributed by atoms with Crippen LogP contribution in [0.3, 0.4) is 0 Å². The van der Waals surface area contributed by atoms with Gasteiger partial charge in [0, 0.05) is 23.3 Å². The van der Waals surface area contributed by atoms with Crippen molar-refractivity contribution in [2.75, 3.05) is 17.7 Å². The van der Waals surface area contributed by atoms with Crippen LogP contribution in [0.5, 0.6) is 5.75 Å². The molecule has 3 aromatic rings. The number of ether oxygens (including phenoxy) is 1. The number of urea groups is 1. The average molecular weight is 426 g/mol. The van der Waals surface area contributed by atoms with Crippen LogP contribution in [-0.2, 0) is 7.05 Å². The zero-order valence-electron chi connectivity index (χ0n) is 14.4. The third-order valence-corrected chi connectivity index (χ3v) is 4.61. The normalized spacial score (nSPS) is 10.6. The fraction of sp³-hybridized carbons (Fsp3) is 0.111. The fourth-order valence-electron chi connectivity index (χ4n) is 2.56. The molecule has 0 fully saturated rings. The summed E-state index contributed by atoms with van der Waals surface area (Å²) in [6.45, 7) is 0. The molecule has 1 aromatic heterocycles. The number of halogens is 3. The van der Waals surface area contributed by atoms with Crippen molar-refractivity contribution >= 4 is 52.2 Å². The molecule has 2 aromatic carbocycles. The molecule has 2 N–H and O–H groups in total. The van der Waals surface area contributed by atoms with E-state index in [2.05, 4.69) is 15.7 Å². The van der Waals surface area contributed by atoms with E-state index in [1.807, 2.05) is 0 Å². The standard InChI is InChI=1S/C18H15Cl3N4O2/c1-25-17(14(21)9-22-25)12-8-11(4-6-16(12)27-2)23-18(26)24-15-5-3-10(19)7-13(15)20/h3-9H,1-2H3,(H2,23,24,26). The maximum absolute atomic E-state index is 12.3. The summed E-state index contributed by atoms with van der Waals surface area (Å²) < 4.78 is 7.04. The van der Waals surface area contributed by atoms with Crippen molar-refractivity contribution in [3.8, 4) is 17.0 Å². The number of nitrogens with one attached hydrogen (secondary N) is 2. The first kappa shape index (κ1) is 19.4. The third-order valence-electron chi connectivity index (χ3n) is 3.79. The average Bonchev–Trinajstić information content (AvgIpc) is 2.96. The van der Waals surface area contributed by atoms with Crippen molar-refractivity contribution in [1.29, 1.82) is 0 Å². The molecule has 0 aliphatic heterocycles. The SMILES string of the molecule is COc1ccc(NC(=O)Nc2ccc(Cl)cc2Cl)cc1-c1c(Cl)cnn1C. The van der Waals surface area contributed by atoms with Crippen molar-refractivity contribution in [2.24, 2.45) is 7.05 Å². The molecule has 3 rings (SSSR count). The molecule has 2 amide bonds. The molecule has 1 heterocycles. The van der Waals surface area contributed by atoms with Gasteiger partial charge >= 0.3 is 6.03 Å². The lowest BCUT2D eigenvalue weighted by atomic mass is 10.1. The summed E-state index contributed by atoms with van der Waals surface area (Å²) in [5, 5.41) is 10.9. The fourth-order valence-corrected chi connectivity index (χ4v) is 3.28. The summed E-state index contributed by atoms with van der Waals surface area (Å²) in [4.78, 5) is 12.3. The van der Waals surface area contributed by atoms with Gasteiger partial charge in [-0.3, -0.25) is 4.68 Å². The molecule has 0 spiro atoms. The first-order valence-electron chi connectivity index (χ1n) is 7.78. The molecule has 0 atom stereocenters. The monoisotopic (exact) mass is 424 g/mol. The largest absolute Gasteiger partial charge is 0.496 e. The van der Waals surface area contributed by atoms with Gasteiger partial charge in [-0.05, 0) is 36.4 Å². The number of carbonyl (C=O) groups is 1. The highest BCUT2D eigenvalue weighted by Crippen LogP contribution is 2.36. The number of rotatable bonds is 4. The first-order chi connectivity index (χ1) is 12.9. The lowest BCUT2D eigenvalue weighted by Gasteiger charge is -2.13. The Bertz CT molecular complexity index is 985. The van der Waals surface area contributed by atoms with E-state index < -0.39 is 6.03 Å². The molecule has 0 aliphatic rings. The molecule has 27 heavy (non-hydrogen) atoms. The molecule has 0 bridgehead atoms. The van der Waals surface area contributed by atoms with Gasteiger partial charge in [-0.1, -0.05) is 34.8 Å². The van der Waals surface area contributed by atoms with E-state index in [1.165, 1.54) is 0 Å². The van der Waals surface area contributed by atoms with Crippen LogP contribution >= 0.6 is 34.8 Å². The Hall–Kier alpha value is -2.41. The second-order valence-electron chi connectivity index (χ2n) is 5.58. The number of methoxy groups -OCH3 is 1. The van der Waals surface area contributed by atoms with Crippen molar-refractivity contribution in [3.63, 3.8) is 0 Å². The number of anilines is 2. The van der Waals surface area contributed by atoms with Crippen molar-refractivity contribution < 1.29 is 9.53 Å². The lowest BCUT2D eigenvalue weighted by Crippen LogP contribution is -2.19. The molecule has 0 unspecified atom stereocenters. The van der Waals surface area contributed by atoms with Gasteiger partial charge < -0.3 is 15.4 Å². The van der Waals surface area contributed by atoms with Gasteiger partial charge in [-0.25, -0.2) is 4.79 Å². The van der Waals surface area contributed by atoms with E-state index in [0.29, 0.717) is 43.4 Å². The van der Waals surface area contributed by atoms with Crippen LogP contribution in [0, 0.1) is 0 Å². The van der Waals surface area contributed by atoms with Gasteiger partial charge in [0.15, 0.2) is 0 Å². The highest BCUT2D eigenvalue weighted by atomic mass is 35.5. The van der Waals surface area contributed by atoms with E-state index in [4.69, 9.17) is 39.5 Å². The van der Waals surface area contributed by atoms with Gasteiger partial charge in [-0.2, -0.15) is 5.10 Å². The summed E-state index contributed by atoms with van der Waals surface area (Å²) >= 11 is 18.2. The second-order valence-corrected chi connectivity index (χ2v) is 6.83. The van der Waals surface area contributed by atoms with Gasteiger partial charge in [-0.15, -0.1) is 0 Å². The van der Waals surface area contributed by atoms with E-state index in [1.54, 1.807) is 61.4 Å². The molecule has 0 aliphatic carbocycles. The summed E-state index contributed by atoms with van der Waals surface area (Å²) in [5.74, 6) is 0.604. The van der Waals surface area contributed by atoms with Crippen LogP contribution in [-0.4, -0.2) is 22.9 Å². The summed E-state index contributed by atoms with van der Waals surface area (Å²) in [6.07, 6.45) is 1.55. The minimum absolute atomic E-state index is 0.342. The molecule has 9 heteroatoms.